The fourth-order valence-corrected chi connectivity index (χ4v) is 2.20. The molecule has 3 nitrogen and oxygen atoms in total. The smallest absolute Gasteiger partial charge is 0.0771 e. The van der Waals surface area contributed by atoms with E-state index < -0.39 is 5.60 Å². The van der Waals surface area contributed by atoms with E-state index in [4.69, 9.17) is 4.74 Å². The standard InChI is InChI=1S/C11H21NO2/c13-11(5-3-6-11)9-12-8-10-4-1-2-7-14-10/h10,12-13H,1-9H2. The van der Waals surface area contributed by atoms with E-state index >= 15 is 0 Å². The van der Waals surface area contributed by atoms with Crippen LogP contribution in [0.4, 0.5) is 0 Å². The Morgan fingerprint density at radius 1 is 1.29 bits per heavy atom. The van der Waals surface area contributed by atoms with Crippen LogP contribution in [0.1, 0.15) is 38.5 Å². The molecule has 1 saturated heterocycles. The second kappa shape index (κ2) is 4.60. The van der Waals surface area contributed by atoms with Crippen molar-refractivity contribution >= 4 is 0 Å². The second-order valence-electron chi connectivity index (χ2n) is 4.70. The highest BCUT2D eigenvalue weighted by molar-refractivity contribution is 4.89. The predicted octanol–water partition coefficient (Wildman–Crippen LogP) is 1.06. The summed E-state index contributed by atoms with van der Waals surface area (Å²) in [5.74, 6) is 0. The van der Waals surface area contributed by atoms with Crippen LogP contribution >= 0.6 is 0 Å². The molecule has 3 heteroatoms. The molecule has 2 rings (SSSR count). The zero-order valence-electron chi connectivity index (χ0n) is 8.80. The molecule has 0 bridgehead atoms. The topological polar surface area (TPSA) is 41.5 Å². The van der Waals surface area contributed by atoms with Crippen LogP contribution in [0.15, 0.2) is 0 Å². The lowest BCUT2D eigenvalue weighted by molar-refractivity contribution is -0.0372. The number of hydrogen-bond donors (Lipinski definition) is 2. The summed E-state index contributed by atoms with van der Waals surface area (Å²) in [6, 6.07) is 0. The first kappa shape index (κ1) is 10.4. The van der Waals surface area contributed by atoms with Crippen LogP contribution in [0.5, 0.6) is 0 Å². The van der Waals surface area contributed by atoms with Crippen LogP contribution in [0.3, 0.4) is 0 Å². The highest BCUT2D eigenvalue weighted by atomic mass is 16.5. The van der Waals surface area contributed by atoms with Crippen LogP contribution in [0.25, 0.3) is 0 Å². The maximum absolute atomic E-state index is 9.84. The van der Waals surface area contributed by atoms with Gasteiger partial charge in [-0.1, -0.05) is 0 Å². The van der Waals surface area contributed by atoms with Crippen molar-refractivity contribution in [3.8, 4) is 0 Å². The molecule has 0 aromatic rings. The molecule has 0 aromatic carbocycles. The maximum atomic E-state index is 9.84. The minimum atomic E-state index is -0.394. The molecule has 14 heavy (non-hydrogen) atoms. The van der Waals surface area contributed by atoms with Gasteiger partial charge in [0.1, 0.15) is 0 Å². The Labute approximate surface area is 85.8 Å². The molecule has 82 valence electrons. The lowest BCUT2D eigenvalue weighted by Crippen LogP contribution is -2.48. The number of rotatable bonds is 4. The van der Waals surface area contributed by atoms with Crippen molar-refractivity contribution in [2.75, 3.05) is 19.7 Å². The van der Waals surface area contributed by atoms with E-state index in [-0.39, 0.29) is 0 Å². The maximum Gasteiger partial charge on any atom is 0.0771 e. The van der Waals surface area contributed by atoms with E-state index in [1.165, 1.54) is 25.7 Å². The summed E-state index contributed by atoms with van der Waals surface area (Å²) in [6.07, 6.45) is 7.16. The first-order valence-electron chi connectivity index (χ1n) is 5.83. The van der Waals surface area contributed by atoms with E-state index in [1.807, 2.05) is 0 Å². The quantitative estimate of drug-likeness (QED) is 0.711. The molecule has 2 fully saturated rings. The zero-order chi connectivity index (χ0) is 9.86. The fraction of sp³-hybridized carbons (Fsp3) is 1.00. The number of aliphatic hydroxyl groups is 1. The molecule has 1 aliphatic carbocycles. The average molecular weight is 199 g/mol. The van der Waals surface area contributed by atoms with Crippen molar-refractivity contribution in [2.45, 2.75) is 50.2 Å². The largest absolute Gasteiger partial charge is 0.389 e. The van der Waals surface area contributed by atoms with Gasteiger partial charge in [0.15, 0.2) is 0 Å². The summed E-state index contributed by atoms with van der Waals surface area (Å²) in [5.41, 5.74) is -0.394. The highest BCUT2D eigenvalue weighted by Crippen LogP contribution is 2.30. The summed E-state index contributed by atoms with van der Waals surface area (Å²) in [6.45, 7) is 2.56. The molecular weight excluding hydrogens is 178 g/mol. The van der Waals surface area contributed by atoms with E-state index in [0.717, 1.165) is 32.5 Å². The molecule has 0 amide bonds. The monoisotopic (exact) mass is 199 g/mol. The third kappa shape index (κ3) is 2.69. The third-order valence-corrected chi connectivity index (χ3v) is 3.38. The van der Waals surface area contributed by atoms with Gasteiger partial charge in [-0.2, -0.15) is 0 Å². The molecule has 0 radical (unpaired) electrons. The minimum absolute atomic E-state index is 0.382. The van der Waals surface area contributed by atoms with Crippen molar-refractivity contribution in [1.29, 1.82) is 0 Å². The van der Waals surface area contributed by atoms with Crippen molar-refractivity contribution in [2.24, 2.45) is 0 Å². The first-order chi connectivity index (χ1) is 6.79. The van der Waals surface area contributed by atoms with Crippen molar-refractivity contribution in [3.63, 3.8) is 0 Å². The van der Waals surface area contributed by atoms with Gasteiger partial charge in [0.25, 0.3) is 0 Å². The Hall–Kier alpha value is -0.120. The Bertz CT molecular complexity index is 174. The highest BCUT2D eigenvalue weighted by Gasteiger charge is 2.33. The van der Waals surface area contributed by atoms with Crippen molar-refractivity contribution < 1.29 is 9.84 Å². The van der Waals surface area contributed by atoms with Gasteiger partial charge in [-0.05, 0) is 38.5 Å². The van der Waals surface area contributed by atoms with E-state index in [1.54, 1.807) is 0 Å². The molecular formula is C11H21NO2. The molecule has 1 saturated carbocycles. The third-order valence-electron chi connectivity index (χ3n) is 3.38. The molecule has 0 spiro atoms. The first-order valence-corrected chi connectivity index (χ1v) is 5.83. The van der Waals surface area contributed by atoms with Gasteiger partial charge < -0.3 is 15.2 Å². The SMILES string of the molecule is OC1(CNCC2CCCCO2)CCC1. The Balaban J connectivity index is 1.57. The molecule has 1 unspecified atom stereocenters. The number of nitrogens with one attached hydrogen (secondary N) is 1. The van der Waals surface area contributed by atoms with Crippen LogP contribution in [0, 0.1) is 0 Å². The van der Waals surface area contributed by atoms with Gasteiger partial charge >= 0.3 is 0 Å². The van der Waals surface area contributed by atoms with Gasteiger partial charge in [-0.3, -0.25) is 0 Å². The molecule has 2 N–H and O–H groups in total. The Morgan fingerprint density at radius 2 is 2.14 bits per heavy atom. The van der Waals surface area contributed by atoms with Gasteiger partial charge in [-0.25, -0.2) is 0 Å². The van der Waals surface area contributed by atoms with Gasteiger partial charge in [-0.15, -0.1) is 0 Å². The summed E-state index contributed by atoms with van der Waals surface area (Å²) >= 11 is 0. The average Bonchev–Trinajstić information content (AvgIpc) is 2.17. The summed E-state index contributed by atoms with van der Waals surface area (Å²) in [4.78, 5) is 0. The fourth-order valence-electron chi connectivity index (χ4n) is 2.20. The van der Waals surface area contributed by atoms with Gasteiger partial charge in [0.05, 0.1) is 11.7 Å². The van der Waals surface area contributed by atoms with Crippen molar-refractivity contribution in [3.05, 3.63) is 0 Å². The van der Waals surface area contributed by atoms with E-state index in [9.17, 15) is 5.11 Å². The predicted molar refractivity (Wildman–Crippen MR) is 55.3 cm³/mol. The van der Waals surface area contributed by atoms with Crippen LogP contribution in [0.2, 0.25) is 0 Å². The Kier molecular flexibility index (Phi) is 3.42. The second-order valence-corrected chi connectivity index (χ2v) is 4.70. The van der Waals surface area contributed by atoms with E-state index in [2.05, 4.69) is 5.32 Å². The van der Waals surface area contributed by atoms with Crippen LogP contribution in [-0.4, -0.2) is 36.5 Å². The molecule has 2 aliphatic rings. The minimum Gasteiger partial charge on any atom is -0.389 e. The van der Waals surface area contributed by atoms with Crippen LogP contribution in [-0.2, 0) is 4.74 Å². The number of hydrogen-bond acceptors (Lipinski definition) is 3. The molecule has 1 aliphatic heterocycles. The van der Waals surface area contributed by atoms with Gasteiger partial charge in [0, 0.05) is 19.7 Å². The summed E-state index contributed by atoms with van der Waals surface area (Å²) < 4.78 is 5.60. The Morgan fingerprint density at radius 3 is 2.71 bits per heavy atom. The molecule has 1 heterocycles. The zero-order valence-corrected chi connectivity index (χ0v) is 8.80. The number of ether oxygens (including phenoxy) is 1. The molecule has 1 atom stereocenters. The summed E-state index contributed by atoms with van der Waals surface area (Å²) in [5, 5.41) is 13.2. The van der Waals surface area contributed by atoms with Gasteiger partial charge in [0.2, 0.25) is 0 Å². The molecule has 0 aromatic heterocycles. The lowest BCUT2D eigenvalue weighted by Gasteiger charge is -2.37. The summed E-state index contributed by atoms with van der Waals surface area (Å²) in [7, 11) is 0. The normalized spacial score (nSPS) is 31.1. The van der Waals surface area contributed by atoms with Crippen LogP contribution < -0.4 is 5.32 Å². The van der Waals surface area contributed by atoms with Crippen molar-refractivity contribution in [1.82, 2.24) is 5.32 Å². The lowest BCUT2D eigenvalue weighted by atomic mass is 9.80. The van der Waals surface area contributed by atoms with E-state index in [0.29, 0.717) is 6.10 Å².